The van der Waals surface area contributed by atoms with E-state index in [2.05, 4.69) is 29.8 Å². The van der Waals surface area contributed by atoms with Gasteiger partial charge in [-0.3, -0.25) is 0 Å². The fourth-order valence-electron chi connectivity index (χ4n) is 1.45. The van der Waals surface area contributed by atoms with Crippen molar-refractivity contribution >= 4 is 50.7 Å². The van der Waals surface area contributed by atoms with E-state index in [1.165, 1.54) is 0 Å². The molecule has 0 heterocycles. The van der Waals surface area contributed by atoms with E-state index < -0.39 is 0 Å². The summed E-state index contributed by atoms with van der Waals surface area (Å²) in [7, 11) is 0. The van der Waals surface area contributed by atoms with Gasteiger partial charge >= 0.3 is 0 Å². The fraction of sp³-hybridized carbons (Fsp3) is 0.455. The maximum Gasteiger partial charge on any atom is 0.0595 e. The van der Waals surface area contributed by atoms with E-state index in [9.17, 15) is 0 Å². The summed E-state index contributed by atoms with van der Waals surface area (Å²) in [6.07, 6.45) is 0.897. The summed E-state index contributed by atoms with van der Waals surface area (Å²) in [5, 5.41) is 1.40. The van der Waals surface area contributed by atoms with Crippen LogP contribution in [0.4, 0.5) is 0 Å². The highest BCUT2D eigenvalue weighted by atomic mass is 79.9. The minimum Gasteiger partial charge on any atom is -0.121 e. The van der Waals surface area contributed by atoms with Crippen LogP contribution in [0.2, 0.25) is 10.0 Å². The van der Waals surface area contributed by atoms with E-state index in [0.717, 1.165) is 27.0 Å². The number of hydrogen-bond acceptors (Lipinski definition) is 0. The molecule has 1 rings (SSSR count). The Morgan fingerprint density at radius 1 is 1.27 bits per heavy atom. The second-order valence-electron chi connectivity index (χ2n) is 3.84. The molecule has 0 amide bonds. The highest BCUT2D eigenvalue weighted by Crippen LogP contribution is 2.36. The number of halogens is 4. The molecule has 0 aliphatic rings. The molecule has 0 fully saturated rings. The van der Waals surface area contributed by atoms with E-state index in [4.69, 9.17) is 34.8 Å². The lowest BCUT2D eigenvalue weighted by atomic mass is 9.98. The number of hydrogen-bond donors (Lipinski definition) is 0. The number of alkyl halides is 1. The Bertz CT molecular complexity index is 361. The first-order valence-electron chi connectivity index (χ1n) is 4.68. The zero-order valence-corrected chi connectivity index (χ0v) is 12.4. The summed E-state index contributed by atoms with van der Waals surface area (Å²) < 4.78 is 0.803. The third-order valence-corrected chi connectivity index (χ3v) is 4.02. The average molecular weight is 330 g/mol. The summed E-state index contributed by atoms with van der Waals surface area (Å²) in [6.45, 7) is 4.29. The lowest BCUT2D eigenvalue weighted by molar-refractivity contribution is 0.644. The van der Waals surface area contributed by atoms with Gasteiger partial charge in [-0.05, 0) is 45.5 Å². The molecule has 1 aromatic rings. The van der Waals surface area contributed by atoms with Gasteiger partial charge in [0.15, 0.2) is 0 Å². The van der Waals surface area contributed by atoms with Crippen molar-refractivity contribution in [3.8, 4) is 0 Å². The maximum absolute atomic E-state index is 6.18. The number of benzene rings is 1. The summed E-state index contributed by atoms with van der Waals surface area (Å²) in [4.78, 5) is 0. The Kier molecular flexibility index (Phi) is 5.24. The van der Waals surface area contributed by atoms with Crippen LogP contribution in [0.25, 0.3) is 0 Å². The van der Waals surface area contributed by atoms with Gasteiger partial charge in [-0.1, -0.05) is 37.0 Å². The van der Waals surface area contributed by atoms with Crippen molar-refractivity contribution in [1.29, 1.82) is 0 Å². The molecule has 0 atom stereocenters. The fourth-order valence-corrected chi connectivity index (χ4v) is 2.95. The van der Waals surface area contributed by atoms with Crippen LogP contribution in [0.5, 0.6) is 0 Å². The third-order valence-electron chi connectivity index (χ3n) is 2.13. The first kappa shape index (κ1) is 13.6. The summed E-state index contributed by atoms with van der Waals surface area (Å²) in [5.74, 6) is 0.918. The summed E-state index contributed by atoms with van der Waals surface area (Å²) in [5.41, 5.74) is 2.00. The predicted octanol–water partition coefficient (Wildman–Crippen LogP) is 5.69. The molecule has 0 bridgehead atoms. The molecule has 0 spiro atoms. The van der Waals surface area contributed by atoms with Gasteiger partial charge in [-0.2, -0.15) is 0 Å². The van der Waals surface area contributed by atoms with Gasteiger partial charge in [0.25, 0.3) is 0 Å². The topological polar surface area (TPSA) is 0 Å². The van der Waals surface area contributed by atoms with Gasteiger partial charge in [0.05, 0.1) is 5.02 Å². The average Bonchev–Trinajstić information content (AvgIpc) is 2.14. The van der Waals surface area contributed by atoms with Gasteiger partial charge in [0, 0.05) is 15.4 Å². The van der Waals surface area contributed by atoms with E-state index in [1.807, 2.05) is 6.07 Å². The molecule has 4 heteroatoms. The van der Waals surface area contributed by atoms with Crippen molar-refractivity contribution in [3.63, 3.8) is 0 Å². The second-order valence-corrected chi connectivity index (χ2v) is 5.75. The monoisotopic (exact) mass is 328 g/mol. The molecule has 1 aromatic carbocycles. The lowest BCUT2D eigenvalue weighted by Gasteiger charge is -2.14. The van der Waals surface area contributed by atoms with Crippen LogP contribution in [0.3, 0.4) is 0 Å². The molecule has 15 heavy (non-hydrogen) atoms. The quantitative estimate of drug-likeness (QED) is 0.493. The van der Waals surface area contributed by atoms with Crippen molar-refractivity contribution in [2.75, 3.05) is 0 Å². The van der Waals surface area contributed by atoms with Crippen LogP contribution in [-0.4, -0.2) is 0 Å². The smallest absolute Gasteiger partial charge is 0.0595 e. The number of rotatable bonds is 3. The zero-order valence-electron chi connectivity index (χ0n) is 8.58. The molecule has 0 saturated heterocycles. The Morgan fingerprint density at radius 2 is 1.87 bits per heavy atom. The van der Waals surface area contributed by atoms with E-state index in [0.29, 0.717) is 16.8 Å². The maximum atomic E-state index is 6.18. The molecule has 0 saturated carbocycles. The van der Waals surface area contributed by atoms with Crippen LogP contribution >= 0.6 is 50.7 Å². The van der Waals surface area contributed by atoms with Gasteiger partial charge in [0.1, 0.15) is 0 Å². The zero-order chi connectivity index (χ0) is 11.6. The molecule has 0 aromatic heterocycles. The van der Waals surface area contributed by atoms with Gasteiger partial charge in [-0.25, -0.2) is 0 Å². The van der Waals surface area contributed by atoms with Crippen molar-refractivity contribution < 1.29 is 0 Å². The van der Waals surface area contributed by atoms with Crippen molar-refractivity contribution in [3.05, 3.63) is 31.7 Å². The van der Waals surface area contributed by atoms with Crippen molar-refractivity contribution in [2.45, 2.75) is 26.1 Å². The molecule has 0 unspecified atom stereocenters. The Morgan fingerprint density at radius 3 is 2.33 bits per heavy atom. The lowest BCUT2D eigenvalue weighted by Crippen LogP contribution is -2.00. The predicted molar refractivity (Wildman–Crippen MR) is 72.3 cm³/mol. The van der Waals surface area contributed by atoms with Gasteiger partial charge in [0.2, 0.25) is 0 Å². The summed E-state index contributed by atoms with van der Waals surface area (Å²) >= 11 is 21.6. The molecule has 0 aliphatic carbocycles. The van der Waals surface area contributed by atoms with Crippen LogP contribution < -0.4 is 0 Å². The molecular formula is C11H12BrCl3. The van der Waals surface area contributed by atoms with Crippen LogP contribution in [0, 0.1) is 5.92 Å². The highest BCUT2D eigenvalue weighted by Gasteiger charge is 2.15. The van der Waals surface area contributed by atoms with E-state index in [-0.39, 0.29) is 0 Å². The highest BCUT2D eigenvalue weighted by molar-refractivity contribution is 9.10. The standard InChI is InChI=1S/C11H12BrCl3/c1-6(2)3-7-8(5-13)11(15)9(12)4-10(7)14/h4,6H,3,5H2,1-2H3. The van der Waals surface area contributed by atoms with Crippen LogP contribution in [-0.2, 0) is 12.3 Å². The van der Waals surface area contributed by atoms with Crippen molar-refractivity contribution in [1.82, 2.24) is 0 Å². The molecular weight excluding hydrogens is 318 g/mol. The first-order chi connectivity index (χ1) is 6.97. The van der Waals surface area contributed by atoms with Gasteiger partial charge < -0.3 is 0 Å². The normalized spacial score (nSPS) is 11.1. The van der Waals surface area contributed by atoms with Crippen LogP contribution in [0.1, 0.15) is 25.0 Å². The van der Waals surface area contributed by atoms with E-state index >= 15 is 0 Å². The Balaban J connectivity index is 3.29. The molecule has 0 aliphatic heterocycles. The Hall–Kier alpha value is 0.570. The minimum atomic E-state index is 0.389. The van der Waals surface area contributed by atoms with E-state index in [1.54, 1.807) is 0 Å². The SMILES string of the molecule is CC(C)Cc1c(Cl)cc(Br)c(Cl)c1CCl. The minimum absolute atomic E-state index is 0.389. The second kappa shape index (κ2) is 5.77. The first-order valence-corrected chi connectivity index (χ1v) is 6.77. The van der Waals surface area contributed by atoms with Gasteiger partial charge in [-0.15, -0.1) is 11.6 Å². The summed E-state index contributed by atoms with van der Waals surface area (Å²) in [6, 6.07) is 1.83. The Labute approximate surface area is 114 Å². The largest absolute Gasteiger partial charge is 0.121 e. The molecule has 0 nitrogen and oxygen atoms in total. The molecule has 0 N–H and O–H groups in total. The van der Waals surface area contributed by atoms with Crippen LogP contribution in [0.15, 0.2) is 10.5 Å². The molecule has 84 valence electrons. The third kappa shape index (κ3) is 3.26. The van der Waals surface area contributed by atoms with Crippen molar-refractivity contribution in [2.24, 2.45) is 5.92 Å². The molecule has 0 radical (unpaired) electrons.